The molecule has 0 spiro atoms. The van der Waals surface area contributed by atoms with Gasteiger partial charge in [0.25, 0.3) is 7.41 Å². The number of fused-ring (bicyclic) bond motifs is 5. The summed E-state index contributed by atoms with van der Waals surface area (Å²) in [5, 5.41) is 16.3. The van der Waals surface area contributed by atoms with Crippen molar-refractivity contribution in [3.63, 3.8) is 0 Å². The molecular formula is C41H56BN2O12. The average Bonchev–Trinajstić information content (AvgIpc) is 3.15. The van der Waals surface area contributed by atoms with E-state index in [1.807, 2.05) is 13.8 Å². The topological polar surface area (TPSA) is 184 Å². The van der Waals surface area contributed by atoms with Gasteiger partial charge in [-0.2, -0.15) is 0 Å². The molecular weight excluding hydrogens is 723 g/mol. The number of hydrogen-bond donors (Lipinski definition) is 2. The SMILES string of the molecule is CCC(=O)OC1=C2[C@@H](C)C(=O)[C@]3(C)[C@@H](OC(=O)N(C)C)C[C@H]4OC[C@@]4(C)[C@H]3[C@H](C)[C@](O)(C[C@@H]1OC(=O)[C@H](OC(=O)CC)[C@@H](N[B]C=O)c1ccccc1)C2(C)C. The molecule has 1 aliphatic heterocycles. The van der Waals surface area contributed by atoms with Crippen molar-refractivity contribution < 1.29 is 57.6 Å². The molecule has 1 aromatic carbocycles. The first-order valence-electron chi connectivity index (χ1n) is 19.4. The molecule has 1 heterocycles. The number of ether oxygens (including phenoxy) is 5. The first-order chi connectivity index (χ1) is 26.2. The van der Waals surface area contributed by atoms with E-state index in [0.717, 1.165) is 7.41 Å². The number of hydrogen-bond acceptors (Lipinski definition) is 13. The van der Waals surface area contributed by atoms with Crippen LogP contribution in [0.2, 0.25) is 0 Å². The van der Waals surface area contributed by atoms with Crippen molar-refractivity contribution in [2.24, 2.45) is 34.0 Å². The lowest BCUT2D eigenvalue weighted by Crippen LogP contribution is -2.75. The molecule has 1 aromatic rings. The summed E-state index contributed by atoms with van der Waals surface area (Å²) in [5.74, 6) is -5.14. The number of carbonyl (C=O) groups excluding carboxylic acids is 6. The van der Waals surface area contributed by atoms with E-state index in [0.29, 0.717) is 18.4 Å². The molecule has 2 bridgehead atoms. The quantitative estimate of drug-likeness (QED) is 0.134. The Kier molecular flexibility index (Phi) is 12.3. The molecule has 3 fully saturated rings. The molecule has 14 nitrogen and oxygen atoms in total. The van der Waals surface area contributed by atoms with Crippen LogP contribution in [0.3, 0.4) is 0 Å². The van der Waals surface area contributed by atoms with Gasteiger partial charge < -0.3 is 43.7 Å². The molecule has 1 radical (unpaired) electrons. The number of ketones is 1. The summed E-state index contributed by atoms with van der Waals surface area (Å²) < 4.78 is 30.1. The number of benzene rings is 1. The van der Waals surface area contributed by atoms with Gasteiger partial charge >= 0.3 is 24.0 Å². The van der Waals surface area contributed by atoms with E-state index in [1.165, 1.54) is 4.90 Å². The summed E-state index contributed by atoms with van der Waals surface area (Å²) in [6.45, 7) is 14.4. The number of rotatable bonds is 12. The number of esters is 3. The number of nitrogens with one attached hydrogen (secondary N) is 1. The highest BCUT2D eigenvalue weighted by molar-refractivity contribution is 6.64. The highest BCUT2D eigenvalue weighted by Gasteiger charge is 2.74. The van der Waals surface area contributed by atoms with Crippen LogP contribution in [0.5, 0.6) is 0 Å². The molecule has 15 heteroatoms. The van der Waals surface area contributed by atoms with E-state index < -0.39 is 88.0 Å². The highest BCUT2D eigenvalue weighted by atomic mass is 16.6. The molecule has 56 heavy (non-hydrogen) atoms. The van der Waals surface area contributed by atoms with Gasteiger partial charge in [0.1, 0.15) is 17.6 Å². The predicted molar refractivity (Wildman–Crippen MR) is 203 cm³/mol. The second kappa shape index (κ2) is 16.1. The Morgan fingerprint density at radius 2 is 1.68 bits per heavy atom. The minimum Gasteiger partial charge on any atom is -0.451 e. The Morgan fingerprint density at radius 1 is 1.04 bits per heavy atom. The summed E-state index contributed by atoms with van der Waals surface area (Å²) in [6.07, 6.45) is -4.61. The van der Waals surface area contributed by atoms with Crippen LogP contribution in [0, 0.1) is 34.0 Å². The van der Waals surface area contributed by atoms with Gasteiger partial charge in [0.15, 0.2) is 6.10 Å². The maximum Gasteiger partial charge on any atom is 0.409 e. The van der Waals surface area contributed by atoms with Crippen LogP contribution in [0.1, 0.15) is 92.7 Å². The Morgan fingerprint density at radius 3 is 2.23 bits per heavy atom. The highest BCUT2D eigenvalue weighted by Crippen LogP contribution is 2.68. The Labute approximate surface area is 329 Å². The normalized spacial score (nSPS) is 34.1. The fourth-order valence-electron chi connectivity index (χ4n) is 10.2. The van der Waals surface area contributed by atoms with Gasteiger partial charge in [-0.3, -0.25) is 14.4 Å². The Hall–Kier alpha value is -4.08. The Balaban J connectivity index is 1.70. The zero-order valence-electron chi connectivity index (χ0n) is 34.1. The van der Waals surface area contributed by atoms with Gasteiger partial charge in [-0.25, -0.2) is 9.59 Å². The third kappa shape index (κ3) is 7.08. The van der Waals surface area contributed by atoms with Crippen LogP contribution < -0.4 is 5.23 Å². The third-order valence-corrected chi connectivity index (χ3v) is 13.2. The molecule has 2 saturated carbocycles. The van der Waals surface area contributed by atoms with Crippen molar-refractivity contribution in [3.05, 3.63) is 47.2 Å². The number of nitrogens with zero attached hydrogens (tertiary/aromatic N) is 1. The Bertz CT molecular complexity index is 1750. The van der Waals surface area contributed by atoms with Gasteiger partial charge in [0.05, 0.1) is 36.0 Å². The molecule has 1 saturated heterocycles. The van der Waals surface area contributed by atoms with Crippen molar-refractivity contribution in [3.8, 4) is 0 Å². The molecule has 11 atom stereocenters. The lowest BCUT2D eigenvalue weighted by Gasteiger charge is -2.68. The summed E-state index contributed by atoms with van der Waals surface area (Å²) in [4.78, 5) is 81.9. The van der Waals surface area contributed by atoms with Crippen molar-refractivity contribution >= 4 is 43.4 Å². The van der Waals surface area contributed by atoms with E-state index in [1.54, 1.807) is 86.0 Å². The van der Waals surface area contributed by atoms with E-state index in [-0.39, 0.29) is 48.9 Å². The fourth-order valence-corrected chi connectivity index (χ4v) is 10.2. The maximum atomic E-state index is 15.4. The minimum absolute atomic E-state index is 0.0543. The van der Waals surface area contributed by atoms with Gasteiger partial charge in [-0.1, -0.05) is 78.8 Å². The monoisotopic (exact) mass is 779 g/mol. The molecule has 5 rings (SSSR count). The summed E-state index contributed by atoms with van der Waals surface area (Å²) in [5.41, 5.74) is -4.14. The summed E-state index contributed by atoms with van der Waals surface area (Å²) in [6, 6.07) is 7.50. The van der Waals surface area contributed by atoms with E-state index in [2.05, 4.69) is 5.23 Å². The van der Waals surface area contributed by atoms with Crippen molar-refractivity contribution in [2.75, 3.05) is 20.7 Å². The largest absolute Gasteiger partial charge is 0.451 e. The van der Waals surface area contributed by atoms with Crippen LogP contribution in [0.25, 0.3) is 0 Å². The van der Waals surface area contributed by atoms with E-state index >= 15 is 4.79 Å². The van der Waals surface area contributed by atoms with E-state index in [4.69, 9.17) is 23.7 Å². The van der Waals surface area contributed by atoms with Gasteiger partial charge in [0, 0.05) is 56.5 Å². The second-order valence-corrected chi connectivity index (χ2v) is 16.8. The zero-order valence-corrected chi connectivity index (χ0v) is 34.1. The minimum atomic E-state index is -1.73. The number of aliphatic hydroxyl groups is 1. The van der Waals surface area contributed by atoms with Gasteiger partial charge in [-0.05, 0) is 29.9 Å². The van der Waals surface area contributed by atoms with E-state index in [9.17, 15) is 29.1 Å². The number of amides is 1. The zero-order chi connectivity index (χ0) is 41.5. The second-order valence-electron chi connectivity index (χ2n) is 16.8. The molecule has 4 aliphatic rings. The maximum absolute atomic E-state index is 15.4. The lowest BCUT2D eigenvalue weighted by atomic mass is 9.40. The number of Topliss-reactive ketones (excluding diaryl/α,β-unsaturated/α-hetero) is 1. The van der Waals surface area contributed by atoms with Crippen LogP contribution >= 0.6 is 0 Å². The van der Waals surface area contributed by atoms with Crippen LogP contribution in [-0.4, -0.2) is 104 Å². The molecule has 1 amide bonds. The smallest absolute Gasteiger partial charge is 0.409 e. The van der Waals surface area contributed by atoms with Crippen LogP contribution in [0.4, 0.5) is 4.79 Å². The molecule has 3 aliphatic carbocycles. The first kappa shape index (κ1) is 43.1. The standard InChI is InChI=1S/C41H56BN2O12/c1-11-28(46)55-32-25(53-36(49)33(56-29(47)12-2)31(43-42-21-45)24-16-14-13-15-17-24)19-41(51)23(4)34-39(7)20-52-26(39)18-27(54-37(50)44(9)10)40(34,8)35(48)22(3)30(32)38(41,5)6/h13-17,21-23,25-27,31,33-34,43,51H,11-12,18-20H2,1-10H3/t22-,23+,25+,26-,27+,31+,33-,34-,39-,40-,41-/m1/s1. The molecule has 2 N–H and O–H groups in total. The fraction of sp³-hybridized carbons (Fsp3) is 0.659. The molecule has 0 aromatic heterocycles. The average molecular weight is 780 g/mol. The number of carbonyl (C=O) groups is 6. The summed E-state index contributed by atoms with van der Waals surface area (Å²) >= 11 is 0. The molecule has 0 unspecified atom stereocenters. The first-order valence-corrected chi connectivity index (χ1v) is 19.4. The van der Waals surface area contributed by atoms with Crippen molar-refractivity contribution in [2.45, 2.75) is 117 Å². The van der Waals surface area contributed by atoms with Gasteiger partial charge in [-0.15, -0.1) is 0 Å². The predicted octanol–water partition coefficient (Wildman–Crippen LogP) is 4.08. The van der Waals surface area contributed by atoms with Crippen molar-refractivity contribution in [1.82, 2.24) is 10.1 Å². The third-order valence-electron chi connectivity index (χ3n) is 13.2. The van der Waals surface area contributed by atoms with Gasteiger partial charge in [0.2, 0.25) is 6.10 Å². The van der Waals surface area contributed by atoms with Crippen molar-refractivity contribution in [1.29, 1.82) is 0 Å². The summed E-state index contributed by atoms with van der Waals surface area (Å²) in [7, 11) is 4.20. The molecule has 305 valence electrons. The lowest BCUT2D eigenvalue weighted by molar-refractivity contribution is -0.301. The van der Waals surface area contributed by atoms with Crippen LogP contribution in [0.15, 0.2) is 41.7 Å². The van der Waals surface area contributed by atoms with Crippen LogP contribution in [-0.2, 0) is 47.7 Å².